The van der Waals surface area contributed by atoms with Crippen LogP contribution in [0.2, 0.25) is 0 Å². The van der Waals surface area contributed by atoms with Crippen molar-refractivity contribution in [3.8, 4) is 0 Å². The highest BCUT2D eigenvalue weighted by molar-refractivity contribution is 5.80. The smallest absolute Gasteiger partial charge is 0.224 e. The van der Waals surface area contributed by atoms with Gasteiger partial charge in [-0.2, -0.15) is 0 Å². The van der Waals surface area contributed by atoms with Crippen LogP contribution in [0.15, 0.2) is 0 Å². The van der Waals surface area contributed by atoms with Crippen molar-refractivity contribution in [1.82, 2.24) is 10.6 Å². The van der Waals surface area contributed by atoms with Crippen molar-refractivity contribution in [1.29, 1.82) is 0 Å². The summed E-state index contributed by atoms with van der Waals surface area (Å²) < 4.78 is 0. The fourth-order valence-corrected chi connectivity index (χ4v) is 4.13. The molecule has 3 rings (SSSR count). The number of nitrogens with one attached hydrogen (secondary N) is 2. The Morgan fingerprint density at radius 1 is 1.28 bits per heavy atom. The van der Waals surface area contributed by atoms with Gasteiger partial charge in [0.25, 0.3) is 0 Å². The third-order valence-corrected chi connectivity index (χ3v) is 5.39. The number of hydrogen-bond acceptors (Lipinski definition) is 2. The van der Waals surface area contributed by atoms with Crippen LogP contribution >= 0.6 is 0 Å². The van der Waals surface area contributed by atoms with E-state index in [1.54, 1.807) is 0 Å². The Balaban J connectivity index is 1.49. The Bertz CT molecular complexity index is 322. The summed E-state index contributed by atoms with van der Waals surface area (Å²) in [6, 6.07) is 1.09. The molecule has 1 saturated carbocycles. The molecule has 2 aliphatic heterocycles. The molecule has 0 aromatic heterocycles. The van der Waals surface area contributed by atoms with Crippen molar-refractivity contribution in [3.05, 3.63) is 0 Å². The SMILES string of the molecule is CC1(CNC(=O)C2CC3CCC2N3)CCCCC1. The van der Waals surface area contributed by atoms with E-state index in [0.717, 1.165) is 13.0 Å². The van der Waals surface area contributed by atoms with Crippen LogP contribution < -0.4 is 10.6 Å². The van der Waals surface area contributed by atoms with E-state index in [1.807, 2.05) is 0 Å². The number of amides is 1. The van der Waals surface area contributed by atoms with Gasteiger partial charge in [0.05, 0.1) is 5.92 Å². The van der Waals surface area contributed by atoms with E-state index < -0.39 is 0 Å². The number of carbonyl (C=O) groups excluding carboxylic acids is 1. The number of fused-ring (bicyclic) bond motifs is 2. The maximum absolute atomic E-state index is 12.3. The van der Waals surface area contributed by atoms with E-state index in [1.165, 1.54) is 44.9 Å². The van der Waals surface area contributed by atoms with Gasteiger partial charge in [-0.05, 0) is 37.5 Å². The summed E-state index contributed by atoms with van der Waals surface area (Å²) >= 11 is 0. The zero-order valence-corrected chi connectivity index (χ0v) is 11.5. The van der Waals surface area contributed by atoms with Crippen LogP contribution in [-0.2, 0) is 4.79 Å². The molecule has 3 atom stereocenters. The Kier molecular flexibility index (Phi) is 3.35. The Hall–Kier alpha value is -0.570. The molecule has 0 radical (unpaired) electrons. The highest BCUT2D eigenvalue weighted by Crippen LogP contribution is 2.36. The van der Waals surface area contributed by atoms with Gasteiger partial charge >= 0.3 is 0 Å². The van der Waals surface area contributed by atoms with Crippen molar-refractivity contribution >= 4 is 5.91 Å². The number of hydrogen-bond donors (Lipinski definition) is 2. The minimum absolute atomic E-state index is 0.246. The van der Waals surface area contributed by atoms with Gasteiger partial charge in [-0.1, -0.05) is 26.2 Å². The van der Waals surface area contributed by atoms with Crippen LogP contribution in [0, 0.1) is 11.3 Å². The van der Waals surface area contributed by atoms with E-state index in [4.69, 9.17) is 0 Å². The van der Waals surface area contributed by atoms with Crippen LogP contribution in [0.4, 0.5) is 0 Å². The summed E-state index contributed by atoms with van der Waals surface area (Å²) in [5.41, 5.74) is 0.360. The van der Waals surface area contributed by atoms with Gasteiger partial charge in [0.15, 0.2) is 0 Å². The molecule has 102 valence electrons. The van der Waals surface area contributed by atoms with Crippen molar-refractivity contribution in [2.24, 2.45) is 11.3 Å². The van der Waals surface area contributed by atoms with Gasteiger partial charge in [0, 0.05) is 18.6 Å². The Morgan fingerprint density at radius 3 is 2.67 bits per heavy atom. The zero-order valence-electron chi connectivity index (χ0n) is 11.5. The molecule has 2 saturated heterocycles. The molecule has 2 bridgehead atoms. The summed E-state index contributed by atoms with van der Waals surface area (Å²) in [5.74, 6) is 0.553. The van der Waals surface area contributed by atoms with E-state index in [0.29, 0.717) is 23.4 Å². The largest absolute Gasteiger partial charge is 0.355 e. The van der Waals surface area contributed by atoms with Crippen molar-refractivity contribution < 1.29 is 4.79 Å². The first-order valence-corrected chi connectivity index (χ1v) is 7.70. The summed E-state index contributed by atoms with van der Waals surface area (Å²) in [4.78, 5) is 12.3. The third kappa shape index (κ3) is 2.42. The van der Waals surface area contributed by atoms with Crippen molar-refractivity contribution in [2.45, 2.75) is 70.4 Å². The van der Waals surface area contributed by atoms with Gasteiger partial charge in [-0.15, -0.1) is 0 Å². The molecule has 2 N–H and O–H groups in total. The van der Waals surface area contributed by atoms with E-state index in [9.17, 15) is 4.79 Å². The first kappa shape index (κ1) is 12.5. The molecular formula is C15H26N2O. The van der Waals surface area contributed by atoms with Gasteiger partial charge in [-0.3, -0.25) is 4.79 Å². The lowest BCUT2D eigenvalue weighted by Crippen LogP contribution is -2.42. The van der Waals surface area contributed by atoms with Gasteiger partial charge in [0.2, 0.25) is 5.91 Å². The second-order valence-electron chi connectivity index (χ2n) is 6.98. The first-order chi connectivity index (χ1) is 8.66. The highest BCUT2D eigenvalue weighted by atomic mass is 16.1. The summed E-state index contributed by atoms with van der Waals surface area (Å²) in [6.45, 7) is 3.23. The fourth-order valence-electron chi connectivity index (χ4n) is 4.13. The van der Waals surface area contributed by atoms with Crippen LogP contribution in [-0.4, -0.2) is 24.5 Å². The van der Waals surface area contributed by atoms with E-state index >= 15 is 0 Å². The quantitative estimate of drug-likeness (QED) is 0.806. The molecule has 3 fully saturated rings. The average molecular weight is 250 g/mol. The predicted molar refractivity (Wildman–Crippen MR) is 72.3 cm³/mol. The highest BCUT2D eigenvalue weighted by Gasteiger charge is 2.43. The van der Waals surface area contributed by atoms with Crippen LogP contribution in [0.1, 0.15) is 58.3 Å². The van der Waals surface area contributed by atoms with Crippen LogP contribution in [0.25, 0.3) is 0 Å². The third-order valence-electron chi connectivity index (χ3n) is 5.39. The monoisotopic (exact) mass is 250 g/mol. The van der Waals surface area contributed by atoms with Gasteiger partial charge in [-0.25, -0.2) is 0 Å². The molecule has 0 aromatic carbocycles. The van der Waals surface area contributed by atoms with Crippen LogP contribution in [0.3, 0.4) is 0 Å². The lowest BCUT2D eigenvalue weighted by atomic mass is 9.75. The normalized spacial score (nSPS) is 37.7. The van der Waals surface area contributed by atoms with Crippen LogP contribution in [0.5, 0.6) is 0 Å². The molecule has 18 heavy (non-hydrogen) atoms. The maximum atomic E-state index is 12.3. The standard InChI is InChI=1S/C15H26N2O/c1-15(7-3-2-4-8-15)10-16-14(18)12-9-11-5-6-13(12)17-11/h11-13,17H,2-10H2,1H3,(H,16,18). The summed E-state index contributed by atoms with van der Waals surface area (Å²) in [5, 5.41) is 6.79. The Labute approximate surface area is 110 Å². The molecule has 1 aliphatic carbocycles. The molecule has 3 nitrogen and oxygen atoms in total. The Morgan fingerprint density at radius 2 is 2.06 bits per heavy atom. The first-order valence-electron chi connectivity index (χ1n) is 7.70. The fraction of sp³-hybridized carbons (Fsp3) is 0.933. The molecule has 1 amide bonds. The number of rotatable bonds is 3. The molecule has 0 spiro atoms. The molecule has 3 heteroatoms. The molecule has 0 aromatic rings. The molecule has 2 heterocycles. The lowest BCUT2D eigenvalue weighted by molar-refractivity contribution is -0.126. The molecule has 3 unspecified atom stereocenters. The summed E-state index contributed by atoms with van der Waals surface area (Å²) in [6.07, 6.45) is 10.1. The topological polar surface area (TPSA) is 41.1 Å². The molecular weight excluding hydrogens is 224 g/mol. The van der Waals surface area contributed by atoms with E-state index in [2.05, 4.69) is 17.6 Å². The van der Waals surface area contributed by atoms with E-state index in [-0.39, 0.29) is 5.92 Å². The zero-order chi connectivity index (χ0) is 12.6. The summed E-state index contributed by atoms with van der Waals surface area (Å²) in [7, 11) is 0. The van der Waals surface area contributed by atoms with Crippen molar-refractivity contribution in [3.63, 3.8) is 0 Å². The second kappa shape index (κ2) is 4.84. The molecule has 3 aliphatic rings. The van der Waals surface area contributed by atoms with Gasteiger partial charge in [0.1, 0.15) is 0 Å². The predicted octanol–water partition coefficient (Wildman–Crippen LogP) is 2.21. The lowest BCUT2D eigenvalue weighted by Gasteiger charge is -2.34. The van der Waals surface area contributed by atoms with Crippen molar-refractivity contribution in [2.75, 3.05) is 6.54 Å². The van der Waals surface area contributed by atoms with Gasteiger partial charge < -0.3 is 10.6 Å². The number of carbonyl (C=O) groups is 1. The minimum atomic E-state index is 0.246. The minimum Gasteiger partial charge on any atom is -0.355 e. The second-order valence-corrected chi connectivity index (χ2v) is 6.98. The average Bonchev–Trinajstić information content (AvgIpc) is 2.99. The maximum Gasteiger partial charge on any atom is 0.224 e.